The van der Waals surface area contributed by atoms with Crippen LogP contribution in [0.1, 0.15) is 35.6 Å². The highest BCUT2D eigenvalue weighted by molar-refractivity contribution is 5.89. The lowest BCUT2D eigenvalue weighted by Gasteiger charge is -2.07. The molecule has 0 spiro atoms. The molecule has 0 radical (unpaired) electrons. The van der Waals surface area contributed by atoms with Crippen LogP contribution in [0.15, 0.2) is 35.0 Å². The fourth-order valence-electron chi connectivity index (χ4n) is 2.64. The summed E-state index contributed by atoms with van der Waals surface area (Å²) in [5, 5.41) is 2.77. The van der Waals surface area contributed by atoms with Gasteiger partial charge in [0.05, 0.1) is 12.8 Å². The predicted molar refractivity (Wildman–Crippen MR) is 92.9 cm³/mol. The molecule has 1 amide bonds. The third-order valence-corrected chi connectivity index (χ3v) is 4.19. The Balaban J connectivity index is 1.57. The lowest BCUT2D eigenvalue weighted by Crippen LogP contribution is -2.30. The molecule has 132 valence electrons. The second kappa shape index (κ2) is 7.42. The molecule has 0 bridgehead atoms. The van der Waals surface area contributed by atoms with Gasteiger partial charge in [-0.05, 0) is 56.5 Å². The van der Waals surface area contributed by atoms with Crippen molar-refractivity contribution < 1.29 is 18.7 Å². The number of esters is 1. The Morgan fingerprint density at radius 1 is 1.40 bits per heavy atom. The molecule has 1 aliphatic carbocycles. The van der Waals surface area contributed by atoms with E-state index in [-0.39, 0.29) is 18.6 Å². The van der Waals surface area contributed by atoms with Crippen molar-refractivity contribution in [2.75, 3.05) is 6.61 Å². The Bertz CT molecular complexity index is 783. The lowest BCUT2D eigenvalue weighted by atomic mass is 10.2. The van der Waals surface area contributed by atoms with E-state index in [2.05, 4.69) is 9.88 Å². The van der Waals surface area contributed by atoms with Crippen molar-refractivity contribution >= 4 is 18.0 Å². The van der Waals surface area contributed by atoms with E-state index >= 15 is 0 Å². The lowest BCUT2D eigenvalue weighted by molar-refractivity contribution is -0.143. The zero-order valence-corrected chi connectivity index (χ0v) is 14.5. The van der Waals surface area contributed by atoms with Gasteiger partial charge >= 0.3 is 5.97 Å². The number of nitrogens with zero attached hydrogens (tertiary/aromatic N) is 1. The number of aromatic nitrogens is 1. The van der Waals surface area contributed by atoms with E-state index in [0.717, 1.165) is 35.6 Å². The van der Waals surface area contributed by atoms with Crippen LogP contribution in [0.5, 0.6) is 0 Å². The maximum atomic E-state index is 11.8. The maximum Gasteiger partial charge on any atom is 0.331 e. The van der Waals surface area contributed by atoms with Gasteiger partial charge in [-0.25, -0.2) is 4.79 Å². The normalized spacial score (nSPS) is 14.0. The van der Waals surface area contributed by atoms with Gasteiger partial charge in [0.15, 0.2) is 6.61 Å². The third-order valence-electron chi connectivity index (χ3n) is 4.19. The Morgan fingerprint density at radius 3 is 2.88 bits per heavy atom. The van der Waals surface area contributed by atoms with E-state index in [4.69, 9.17) is 9.15 Å². The van der Waals surface area contributed by atoms with Crippen molar-refractivity contribution in [3.8, 4) is 0 Å². The number of hydrogen-bond acceptors (Lipinski definition) is 4. The molecule has 3 rings (SSSR count). The standard InChI is InChI=1S/C19H22N2O4/c1-13-10-15(14(2)21(13)11-17-4-3-9-24-17)5-8-19(23)25-12-18(22)20-16-6-7-16/h3-5,8-10,16H,6-7,11-12H2,1-2H3,(H,20,22)/b8-5+. The summed E-state index contributed by atoms with van der Waals surface area (Å²) in [6.45, 7) is 4.40. The van der Waals surface area contributed by atoms with Crippen molar-refractivity contribution in [1.82, 2.24) is 9.88 Å². The summed E-state index contributed by atoms with van der Waals surface area (Å²) < 4.78 is 12.5. The van der Waals surface area contributed by atoms with E-state index in [1.807, 2.05) is 32.0 Å². The topological polar surface area (TPSA) is 73.5 Å². The van der Waals surface area contributed by atoms with Crippen molar-refractivity contribution in [2.45, 2.75) is 39.3 Å². The number of carbonyl (C=O) groups excluding carboxylic acids is 2. The molecule has 6 nitrogen and oxygen atoms in total. The van der Waals surface area contributed by atoms with Crippen molar-refractivity contribution in [3.05, 3.63) is 53.2 Å². The molecule has 25 heavy (non-hydrogen) atoms. The van der Waals surface area contributed by atoms with Crippen LogP contribution in [-0.2, 0) is 20.9 Å². The van der Waals surface area contributed by atoms with Crippen LogP contribution in [0.25, 0.3) is 6.08 Å². The number of nitrogens with one attached hydrogen (secondary N) is 1. The largest absolute Gasteiger partial charge is 0.467 e. The van der Waals surface area contributed by atoms with Gasteiger partial charge in [-0.2, -0.15) is 0 Å². The highest BCUT2D eigenvalue weighted by Crippen LogP contribution is 2.19. The molecule has 6 heteroatoms. The van der Waals surface area contributed by atoms with Crippen LogP contribution in [0, 0.1) is 13.8 Å². The van der Waals surface area contributed by atoms with Gasteiger partial charge in [-0.15, -0.1) is 0 Å². The number of furan rings is 1. The average Bonchev–Trinajstić information content (AvgIpc) is 3.16. The number of ether oxygens (including phenoxy) is 1. The van der Waals surface area contributed by atoms with E-state index < -0.39 is 5.97 Å². The summed E-state index contributed by atoms with van der Waals surface area (Å²) in [6, 6.07) is 6.06. The highest BCUT2D eigenvalue weighted by atomic mass is 16.5. The van der Waals surface area contributed by atoms with Crippen molar-refractivity contribution in [2.24, 2.45) is 0 Å². The number of aryl methyl sites for hydroxylation is 1. The first-order valence-electron chi connectivity index (χ1n) is 8.36. The van der Waals surface area contributed by atoms with Crippen LogP contribution in [0.3, 0.4) is 0 Å². The van der Waals surface area contributed by atoms with Gasteiger partial charge in [0.25, 0.3) is 5.91 Å². The summed E-state index contributed by atoms with van der Waals surface area (Å²) in [5.41, 5.74) is 3.04. The van der Waals surface area contributed by atoms with E-state index in [1.54, 1.807) is 12.3 Å². The van der Waals surface area contributed by atoms with Crippen molar-refractivity contribution in [3.63, 3.8) is 0 Å². The number of hydrogen-bond donors (Lipinski definition) is 1. The SMILES string of the molecule is Cc1cc(/C=C/C(=O)OCC(=O)NC2CC2)c(C)n1Cc1ccco1. The predicted octanol–water partition coefficient (Wildman–Crippen LogP) is 2.58. The first-order chi connectivity index (χ1) is 12.0. The molecule has 0 saturated heterocycles. The molecule has 0 aliphatic heterocycles. The first kappa shape index (κ1) is 17.1. The smallest absolute Gasteiger partial charge is 0.331 e. The van der Waals surface area contributed by atoms with Gasteiger partial charge in [0.2, 0.25) is 0 Å². The van der Waals surface area contributed by atoms with Gasteiger partial charge < -0.3 is 19.0 Å². The highest BCUT2D eigenvalue weighted by Gasteiger charge is 2.23. The molecule has 2 aromatic rings. The summed E-state index contributed by atoms with van der Waals surface area (Å²) in [7, 11) is 0. The zero-order valence-electron chi connectivity index (χ0n) is 14.5. The van der Waals surface area contributed by atoms with Crippen LogP contribution in [-0.4, -0.2) is 29.1 Å². The minimum Gasteiger partial charge on any atom is -0.467 e. The molecule has 2 aromatic heterocycles. The van der Waals surface area contributed by atoms with Crippen LogP contribution in [0.4, 0.5) is 0 Å². The molecule has 0 aromatic carbocycles. The minimum absolute atomic E-state index is 0.239. The minimum atomic E-state index is -0.526. The Hall–Kier alpha value is -2.76. The van der Waals surface area contributed by atoms with Gasteiger partial charge in [-0.1, -0.05) is 0 Å². The Labute approximate surface area is 146 Å². The quantitative estimate of drug-likeness (QED) is 0.620. The number of rotatable bonds is 7. The molecule has 2 heterocycles. The molecule has 0 atom stereocenters. The first-order valence-corrected chi connectivity index (χ1v) is 8.36. The van der Waals surface area contributed by atoms with Crippen molar-refractivity contribution in [1.29, 1.82) is 0 Å². The van der Waals surface area contributed by atoms with E-state index in [9.17, 15) is 9.59 Å². The fraction of sp³-hybridized carbons (Fsp3) is 0.368. The number of amides is 1. The van der Waals surface area contributed by atoms with Gasteiger partial charge in [0, 0.05) is 23.5 Å². The molecular weight excluding hydrogens is 320 g/mol. The number of carbonyl (C=O) groups is 2. The molecule has 0 unspecified atom stereocenters. The monoisotopic (exact) mass is 342 g/mol. The van der Waals surface area contributed by atoms with E-state index in [0.29, 0.717) is 6.54 Å². The van der Waals surface area contributed by atoms with Gasteiger partial charge in [-0.3, -0.25) is 4.79 Å². The molecule has 1 aliphatic rings. The summed E-state index contributed by atoms with van der Waals surface area (Å²) in [5.74, 6) is 0.0982. The second-order valence-electron chi connectivity index (χ2n) is 6.27. The van der Waals surface area contributed by atoms with E-state index in [1.165, 1.54) is 6.08 Å². The molecule has 1 N–H and O–H groups in total. The summed E-state index contributed by atoms with van der Waals surface area (Å²) in [6.07, 6.45) is 6.73. The zero-order chi connectivity index (χ0) is 17.8. The average molecular weight is 342 g/mol. The Kier molecular flexibility index (Phi) is 5.07. The van der Waals surface area contributed by atoms with Crippen LogP contribution >= 0.6 is 0 Å². The summed E-state index contributed by atoms with van der Waals surface area (Å²) in [4.78, 5) is 23.3. The fourth-order valence-corrected chi connectivity index (χ4v) is 2.64. The molecule has 1 saturated carbocycles. The van der Waals surface area contributed by atoms with Crippen LogP contribution in [0.2, 0.25) is 0 Å². The summed E-state index contributed by atoms with van der Waals surface area (Å²) >= 11 is 0. The maximum absolute atomic E-state index is 11.8. The second-order valence-corrected chi connectivity index (χ2v) is 6.27. The molecular formula is C19H22N2O4. The third kappa shape index (κ3) is 4.62. The van der Waals surface area contributed by atoms with Gasteiger partial charge in [0.1, 0.15) is 5.76 Å². The van der Waals surface area contributed by atoms with Crippen LogP contribution < -0.4 is 5.32 Å². The molecule has 1 fully saturated rings. The Morgan fingerprint density at radius 2 is 2.20 bits per heavy atom.